The highest BCUT2D eigenvalue weighted by molar-refractivity contribution is 14.1. The number of halogens is 1. The average Bonchev–Trinajstić information content (AvgIpc) is 2.42. The predicted molar refractivity (Wildman–Crippen MR) is 85.0 cm³/mol. The van der Waals surface area contributed by atoms with E-state index in [1.165, 1.54) is 39.8 Å². The van der Waals surface area contributed by atoms with Crippen molar-refractivity contribution in [1.29, 1.82) is 0 Å². The second kappa shape index (κ2) is 5.31. The van der Waals surface area contributed by atoms with Gasteiger partial charge in [-0.15, -0.1) is 0 Å². The van der Waals surface area contributed by atoms with Crippen LogP contribution in [0.25, 0.3) is 0 Å². The summed E-state index contributed by atoms with van der Waals surface area (Å²) in [4.78, 5) is 2.51. The molecular formula is C16H16IN. The SMILES string of the molecule is Ic1ccccc1CN1CCCc2ccccc21. The van der Waals surface area contributed by atoms with E-state index in [2.05, 4.69) is 76.0 Å². The van der Waals surface area contributed by atoms with Crippen LogP contribution in [-0.4, -0.2) is 6.54 Å². The molecule has 2 aromatic rings. The van der Waals surface area contributed by atoms with Crippen molar-refractivity contribution in [3.05, 3.63) is 63.2 Å². The molecule has 0 unspecified atom stereocenters. The highest BCUT2D eigenvalue weighted by Crippen LogP contribution is 2.28. The van der Waals surface area contributed by atoms with Crippen molar-refractivity contribution in [2.24, 2.45) is 0 Å². The van der Waals surface area contributed by atoms with E-state index in [0.29, 0.717) is 0 Å². The summed E-state index contributed by atoms with van der Waals surface area (Å²) in [7, 11) is 0. The lowest BCUT2D eigenvalue weighted by atomic mass is 10.0. The van der Waals surface area contributed by atoms with Gasteiger partial charge in [0.25, 0.3) is 0 Å². The molecule has 92 valence electrons. The second-order valence-corrected chi connectivity index (χ2v) is 5.91. The Morgan fingerprint density at radius 1 is 1.00 bits per heavy atom. The third kappa shape index (κ3) is 2.39. The van der Waals surface area contributed by atoms with Crippen LogP contribution < -0.4 is 4.90 Å². The molecule has 1 heterocycles. The lowest BCUT2D eigenvalue weighted by Gasteiger charge is -2.31. The van der Waals surface area contributed by atoms with Gasteiger partial charge in [0.2, 0.25) is 0 Å². The molecule has 0 spiro atoms. The number of hydrogen-bond acceptors (Lipinski definition) is 1. The van der Waals surface area contributed by atoms with Crippen LogP contribution >= 0.6 is 22.6 Å². The van der Waals surface area contributed by atoms with E-state index in [1.54, 1.807) is 0 Å². The van der Waals surface area contributed by atoms with Gasteiger partial charge >= 0.3 is 0 Å². The average molecular weight is 349 g/mol. The van der Waals surface area contributed by atoms with E-state index in [4.69, 9.17) is 0 Å². The molecule has 18 heavy (non-hydrogen) atoms. The largest absolute Gasteiger partial charge is 0.367 e. The molecule has 0 aliphatic carbocycles. The summed E-state index contributed by atoms with van der Waals surface area (Å²) in [5.41, 5.74) is 4.34. The molecule has 3 rings (SSSR count). The van der Waals surface area contributed by atoms with Crippen molar-refractivity contribution < 1.29 is 0 Å². The molecular weight excluding hydrogens is 333 g/mol. The summed E-state index contributed by atoms with van der Waals surface area (Å²) in [5, 5.41) is 0. The maximum Gasteiger partial charge on any atom is 0.0440 e. The van der Waals surface area contributed by atoms with E-state index < -0.39 is 0 Å². The first-order valence-electron chi connectivity index (χ1n) is 6.41. The molecule has 2 aromatic carbocycles. The third-order valence-corrected chi connectivity index (χ3v) is 4.58. The Balaban J connectivity index is 1.89. The normalized spacial score (nSPS) is 14.4. The van der Waals surface area contributed by atoms with Gasteiger partial charge in [0, 0.05) is 22.3 Å². The Labute approximate surface area is 122 Å². The predicted octanol–water partition coefficient (Wildman–Crippen LogP) is 4.24. The molecule has 0 saturated heterocycles. The Hall–Kier alpha value is -1.03. The quantitative estimate of drug-likeness (QED) is 0.733. The van der Waals surface area contributed by atoms with Crippen LogP contribution in [0.3, 0.4) is 0 Å². The van der Waals surface area contributed by atoms with Crippen LogP contribution in [0.2, 0.25) is 0 Å². The number of nitrogens with zero attached hydrogens (tertiary/aromatic N) is 1. The summed E-state index contributed by atoms with van der Waals surface area (Å²) < 4.78 is 1.36. The molecule has 0 radical (unpaired) electrons. The van der Waals surface area contributed by atoms with Gasteiger partial charge in [-0.25, -0.2) is 0 Å². The molecule has 1 nitrogen and oxygen atoms in total. The lowest BCUT2D eigenvalue weighted by molar-refractivity contribution is 0.690. The summed E-state index contributed by atoms with van der Waals surface area (Å²) in [5.74, 6) is 0. The zero-order chi connectivity index (χ0) is 12.4. The Morgan fingerprint density at radius 2 is 1.78 bits per heavy atom. The van der Waals surface area contributed by atoms with Gasteiger partial charge in [-0.3, -0.25) is 0 Å². The topological polar surface area (TPSA) is 3.24 Å². The molecule has 2 heteroatoms. The summed E-state index contributed by atoms with van der Waals surface area (Å²) in [6.45, 7) is 2.19. The number of benzene rings is 2. The first-order valence-corrected chi connectivity index (χ1v) is 7.49. The number of aryl methyl sites for hydroxylation is 1. The molecule has 0 aromatic heterocycles. The van der Waals surface area contributed by atoms with Crippen LogP contribution in [0.1, 0.15) is 17.5 Å². The Kier molecular flexibility index (Phi) is 3.55. The number of anilines is 1. The van der Waals surface area contributed by atoms with E-state index >= 15 is 0 Å². The van der Waals surface area contributed by atoms with Crippen LogP contribution in [0.15, 0.2) is 48.5 Å². The molecule has 1 aliphatic rings. The van der Waals surface area contributed by atoms with Crippen molar-refractivity contribution in [3.8, 4) is 0 Å². The second-order valence-electron chi connectivity index (χ2n) is 4.75. The zero-order valence-electron chi connectivity index (χ0n) is 10.3. The van der Waals surface area contributed by atoms with Crippen LogP contribution in [-0.2, 0) is 13.0 Å². The van der Waals surface area contributed by atoms with E-state index in [0.717, 1.165) is 6.54 Å². The number of rotatable bonds is 2. The fourth-order valence-electron chi connectivity index (χ4n) is 2.61. The van der Waals surface area contributed by atoms with Gasteiger partial charge in [0.15, 0.2) is 0 Å². The number of para-hydroxylation sites is 1. The van der Waals surface area contributed by atoms with Crippen LogP contribution in [0.5, 0.6) is 0 Å². The van der Waals surface area contributed by atoms with Gasteiger partial charge < -0.3 is 4.90 Å². The van der Waals surface area contributed by atoms with Crippen LogP contribution in [0, 0.1) is 3.57 Å². The van der Waals surface area contributed by atoms with Gasteiger partial charge in [-0.1, -0.05) is 36.4 Å². The van der Waals surface area contributed by atoms with Gasteiger partial charge in [-0.05, 0) is 58.7 Å². The summed E-state index contributed by atoms with van der Waals surface area (Å²) in [6, 6.07) is 17.5. The van der Waals surface area contributed by atoms with Crippen molar-refractivity contribution in [1.82, 2.24) is 0 Å². The Morgan fingerprint density at radius 3 is 2.67 bits per heavy atom. The molecule has 0 atom stereocenters. The number of hydrogen-bond donors (Lipinski definition) is 0. The van der Waals surface area contributed by atoms with Crippen LogP contribution in [0.4, 0.5) is 5.69 Å². The standard InChI is InChI=1S/C16H16IN/c17-15-9-3-1-7-14(15)12-18-11-5-8-13-6-2-4-10-16(13)18/h1-4,6-7,9-10H,5,8,11-12H2. The summed E-state index contributed by atoms with van der Waals surface area (Å²) >= 11 is 2.43. The molecule has 1 aliphatic heterocycles. The minimum atomic E-state index is 1.02. The van der Waals surface area contributed by atoms with Gasteiger partial charge in [0.1, 0.15) is 0 Å². The van der Waals surface area contributed by atoms with Crippen molar-refractivity contribution in [3.63, 3.8) is 0 Å². The maximum atomic E-state index is 2.51. The minimum Gasteiger partial charge on any atom is -0.367 e. The fraction of sp³-hybridized carbons (Fsp3) is 0.250. The monoisotopic (exact) mass is 349 g/mol. The Bertz CT molecular complexity index is 550. The molecule has 0 bridgehead atoms. The van der Waals surface area contributed by atoms with Crippen molar-refractivity contribution in [2.45, 2.75) is 19.4 Å². The smallest absolute Gasteiger partial charge is 0.0440 e. The zero-order valence-corrected chi connectivity index (χ0v) is 12.4. The first-order chi connectivity index (χ1) is 8.84. The van der Waals surface area contributed by atoms with Crippen molar-refractivity contribution >= 4 is 28.3 Å². The van der Waals surface area contributed by atoms with E-state index in [-0.39, 0.29) is 0 Å². The molecule has 0 fully saturated rings. The summed E-state index contributed by atoms with van der Waals surface area (Å²) in [6.07, 6.45) is 2.49. The minimum absolute atomic E-state index is 1.02. The van der Waals surface area contributed by atoms with E-state index in [9.17, 15) is 0 Å². The maximum absolute atomic E-state index is 2.51. The third-order valence-electron chi connectivity index (χ3n) is 3.53. The van der Waals surface area contributed by atoms with Gasteiger partial charge in [-0.2, -0.15) is 0 Å². The fourth-order valence-corrected chi connectivity index (χ4v) is 3.17. The highest BCUT2D eigenvalue weighted by Gasteiger charge is 2.16. The van der Waals surface area contributed by atoms with Crippen molar-refractivity contribution in [2.75, 3.05) is 11.4 Å². The molecule has 0 saturated carbocycles. The van der Waals surface area contributed by atoms with E-state index in [1.807, 2.05) is 0 Å². The molecule has 0 N–H and O–H groups in total. The molecule has 0 amide bonds. The lowest BCUT2D eigenvalue weighted by Crippen LogP contribution is -2.29. The number of fused-ring (bicyclic) bond motifs is 1. The first kappa shape index (κ1) is 12.0. The highest BCUT2D eigenvalue weighted by atomic mass is 127. The van der Waals surface area contributed by atoms with Gasteiger partial charge in [0.05, 0.1) is 0 Å².